The van der Waals surface area contributed by atoms with E-state index < -0.39 is 0 Å². The van der Waals surface area contributed by atoms with Gasteiger partial charge in [0, 0.05) is 37.4 Å². The van der Waals surface area contributed by atoms with E-state index in [4.69, 9.17) is 14.2 Å². The molecule has 9 nitrogen and oxygen atoms in total. The fourth-order valence-corrected chi connectivity index (χ4v) is 4.65. The third-order valence-electron chi connectivity index (χ3n) is 5.97. The molecular weight excluding hydrogens is 454 g/mol. The van der Waals surface area contributed by atoms with Crippen molar-refractivity contribution in [3.8, 4) is 17.2 Å². The van der Waals surface area contributed by atoms with E-state index in [2.05, 4.69) is 57.4 Å². The number of aryl methyl sites for hydroxylation is 2. The molecule has 0 aliphatic carbocycles. The van der Waals surface area contributed by atoms with Gasteiger partial charge in [0.15, 0.2) is 11.5 Å². The lowest BCUT2D eigenvalue weighted by atomic mass is 10.1. The Morgan fingerprint density at radius 1 is 0.882 bits per heavy atom. The molecule has 0 atom stereocenters. The van der Waals surface area contributed by atoms with Crippen LogP contribution in [0.15, 0.2) is 30.3 Å². The van der Waals surface area contributed by atoms with E-state index in [1.165, 1.54) is 49.5 Å². The molecular formula is C24H29N5O4S. The van der Waals surface area contributed by atoms with Gasteiger partial charge in [-0.25, -0.2) is 0 Å². The number of nitrogens with one attached hydrogen (secondary N) is 1. The van der Waals surface area contributed by atoms with Crippen molar-refractivity contribution in [1.29, 1.82) is 0 Å². The van der Waals surface area contributed by atoms with Crippen LogP contribution < -0.4 is 29.3 Å². The van der Waals surface area contributed by atoms with Gasteiger partial charge in [-0.3, -0.25) is 10.1 Å². The van der Waals surface area contributed by atoms with Gasteiger partial charge in [-0.2, -0.15) is 0 Å². The highest BCUT2D eigenvalue weighted by atomic mass is 32.1. The van der Waals surface area contributed by atoms with Gasteiger partial charge in [0.25, 0.3) is 5.91 Å². The summed E-state index contributed by atoms with van der Waals surface area (Å²) in [4.78, 5) is 17.4. The molecule has 4 rings (SSSR count). The van der Waals surface area contributed by atoms with Gasteiger partial charge in [0.2, 0.25) is 16.0 Å². The van der Waals surface area contributed by atoms with Crippen LogP contribution in [-0.2, 0) is 0 Å². The lowest BCUT2D eigenvalue weighted by Crippen LogP contribution is -2.46. The highest BCUT2D eigenvalue weighted by molar-refractivity contribution is 7.19. The highest BCUT2D eigenvalue weighted by Crippen LogP contribution is 2.38. The Labute approximate surface area is 203 Å². The van der Waals surface area contributed by atoms with Crippen LogP contribution in [0.2, 0.25) is 0 Å². The van der Waals surface area contributed by atoms with E-state index in [1.807, 2.05) is 0 Å². The van der Waals surface area contributed by atoms with E-state index in [-0.39, 0.29) is 5.91 Å². The zero-order valence-corrected chi connectivity index (χ0v) is 20.9. The van der Waals surface area contributed by atoms with Crippen LogP contribution in [0.1, 0.15) is 21.5 Å². The van der Waals surface area contributed by atoms with Crippen molar-refractivity contribution in [2.75, 3.05) is 62.6 Å². The Balaban J connectivity index is 1.40. The number of nitrogens with zero attached hydrogens (tertiary/aromatic N) is 4. The molecule has 0 bridgehead atoms. The summed E-state index contributed by atoms with van der Waals surface area (Å²) < 4.78 is 16.0. The first-order chi connectivity index (χ1) is 16.4. The quantitative estimate of drug-likeness (QED) is 0.544. The number of anilines is 3. The number of hydrogen-bond donors (Lipinski definition) is 1. The first-order valence-corrected chi connectivity index (χ1v) is 11.8. The van der Waals surface area contributed by atoms with Crippen LogP contribution in [0, 0.1) is 13.8 Å². The molecule has 1 N–H and O–H groups in total. The molecule has 180 valence electrons. The number of carbonyl (C=O) groups excluding carboxylic acids is 1. The topological polar surface area (TPSA) is 89.0 Å². The number of ether oxygens (including phenoxy) is 3. The lowest BCUT2D eigenvalue weighted by molar-refractivity contribution is 0.102. The Morgan fingerprint density at radius 2 is 1.53 bits per heavy atom. The number of methoxy groups -OCH3 is 3. The summed E-state index contributed by atoms with van der Waals surface area (Å²) in [6.07, 6.45) is 0. The molecule has 1 aliphatic heterocycles. The molecule has 0 unspecified atom stereocenters. The van der Waals surface area contributed by atoms with Gasteiger partial charge in [-0.15, -0.1) is 10.2 Å². The highest BCUT2D eigenvalue weighted by Gasteiger charge is 2.22. The summed E-state index contributed by atoms with van der Waals surface area (Å²) >= 11 is 1.36. The SMILES string of the molecule is COc1cc(C(=O)Nc2nnc(N3CCN(c4ccc(C)c(C)c4)CC3)s2)cc(OC)c1OC. The Morgan fingerprint density at radius 3 is 2.12 bits per heavy atom. The average Bonchev–Trinajstić information content (AvgIpc) is 3.33. The maximum Gasteiger partial charge on any atom is 0.257 e. The lowest BCUT2D eigenvalue weighted by Gasteiger charge is -2.36. The molecule has 0 spiro atoms. The molecule has 10 heteroatoms. The number of hydrogen-bond acceptors (Lipinski definition) is 9. The molecule has 3 aromatic rings. The van der Waals surface area contributed by atoms with Crippen LogP contribution >= 0.6 is 11.3 Å². The number of benzene rings is 2. The second kappa shape index (κ2) is 10.2. The van der Waals surface area contributed by atoms with Gasteiger partial charge in [-0.1, -0.05) is 17.4 Å². The molecule has 1 aliphatic rings. The van der Waals surface area contributed by atoms with E-state index in [0.717, 1.165) is 31.3 Å². The maximum absolute atomic E-state index is 12.8. The van der Waals surface area contributed by atoms with Gasteiger partial charge >= 0.3 is 0 Å². The predicted octanol–water partition coefficient (Wildman–Crippen LogP) is 3.76. The summed E-state index contributed by atoms with van der Waals surface area (Å²) in [5, 5.41) is 12.5. The van der Waals surface area contributed by atoms with Crippen molar-refractivity contribution in [1.82, 2.24) is 10.2 Å². The monoisotopic (exact) mass is 483 g/mol. The summed E-state index contributed by atoms with van der Waals surface area (Å²) in [6.45, 7) is 7.74. The second-order valence-electron chi connectivity index (χ2n) is 8.00. The van der Waals surface area contributed by atoms with Crippen molar-refractivity contribution in [3.05, 3.63) is 47.0 Å². The van der Waals surface area contributed by atoms with E-state index in [1.54, 1.807) is 12.1 Å². The minimum atomic E-state index is -0.332. The summed E-state index contributed by atoms with van der Waals surface area (Å²) in [5.74, 6) is 0.916. The first-order valence-electron chi connectivity index (χ1n) is 11.0. The number of carbonyl (C=O) groups is 1. The largest absolute Gasteiger partial charge is 0.493 e. The Bertz CT molecular complexity index is 1150. The number of piperazine rings is 1. The third-order valence-corrected chi connectivity index (χ3v) is 6.87. The average molecular weight is 484 g/mol. The molecule has 1 amide bonds. The Kier molecular flexibility index (Phi) is 7.06. The summed E-state index contributed by atoms with van der Waals surface area (Å²) in [7, 11) is 4.54. The summed E-state index contributed by atoms with van der Waals surface area (Å²) in [5.41, 5.74) is 4.22. The Hall–Kier alpha value is -3.53. The smallest absolute Gasteiger partial charge is 0.257 e. The molecule has 2 heterocycles. The number of aromatic nitrogens is 2. The van der Waals surface area contributed by atoms with Crippen molar-refractivity contribution in [2.24, 2.45) is 0 Å². The van der Waals surface area contributed by atoms with Gasteiger partial charge in [-0.05, 0) is 49.2 Å². The normalized spacial score (nSPS) is 13.6. The summed E-state index contributed by atoms with van der Waals surface area (Å²) in [6, 6.07) is 9.80. The van der Waals surface area contributed by atoms with E-state index in [0.29, 0.717) is 27.9 Å². The molecule has 1 aromatic heterocycles. The minimum absolute atomic E-state index is 0.332. The standard InChI is InChI=1S/C24H29N5O4S/c1-15-6-7-18(12-16(15)2)28-8-10-29(11-9-28)24-27-26-23(34-24)25-22(30)17-13-19(31-3)21(33-5)20(14-17)32-4/h6-7,12-14H,8-11H2,1-5H3,(H,25,26,30). The fourth-order valence-electron chi connectivity index (χ4n) is 3.85. The second-order valence-corrected chi connectivity index (χ2v) is 8.96. The number of amides is 1. The zero-order chi connectivity index (χ0) is 24.2. The molecule has 0 radical (unpaired) electrons. The van der Waals surface area contributed by atoms with Crippen LogP contribution in [-0.4, -0.2) is 63.6 Å². The van der Waals surface area contributed by atoms with Gasteiger partial charge in [0.05, 0.1) is 21.3 Å². The van der Waals surface area contributed by atoms with Crippen LogP contribution in [0.5, 0.6) is 17.2 Å². The van der Waals surface area contributed by atoms with Crippen molar-refractivity contribution >= 4 is 33.2 Å². The van der Waals surface area contributed by atoms with Crippen molar-refractivity contribution in [2.45, 2.75) is 13.8 Å². The molecule has 2 aromatic carbocycles. The van der Waals surface area contributed by atoms with Crippen molar-refractivity contribution in [3.63, 3.8) is 0 Å². The molecule has 1 fully saturated rings. The number of rotatable bonds is 7. The minimum Gasteiger partial charge on any atom is -0.493 e. The van der Waals surface area contributed by atoms with Crippen LogP contribution in [0.3, 0.4) is 0 Å². The van der Waals surface area contributed by atoms with Crippen LogP contribution in [0.25, 0.3) is 0 Å². The first kappa shape index (κ1) is 23.6. The third kappa shape index (κ3) is 4.86. The van der Waals surface area contributed by atoms with Crippen LogP contribution in [0.4, 0.5) is 16.0 Å². The molecule has 1 saturated heterocycles. The van der Waals surface area contributed by atoms with Gasteiger partial charge < -0.3 is 24.0 Å². The predicted molar refractivity (Wildman–Crippen MR) is 134 cm³/mol. The van der Waals surface area contributed by atoms with Crippen molar-refractivity contribution < 1.29 is 19.0 Å². The molecule has 34 heavy (non-hydrogen) atoms. The van der Waals surface area contributed by atoms with E-state index in [9.17, 15) is 4.79 Å². The molecule has 0 saturated carbocycles. The van der Waals surface area contributed by atoms with Gasteiger partial charge in [0.1, 0.15) is 0 Å². The van der Waals surface area contributed by atoms with E-state index >= 15 is 0 Å². The zero-order valence-electron chi connectivity index (χ0n) is 20.0. The fraction of sp³-hybridized carbons (Fsp3) is 0.375. The maximum atomic E-state index is 12.8.